The number of rotatable bonds is 6. The van der Waals surface area contributed by atoms with Gasteiger partial charge in [0.05, 0.1) is 27.4 Å². The number of hydrogen-bond donors (Lipinski definition) is 1. The van der Waals surface area contributed by atoms with Crippen molar-refractivity contribution in [3.63, 3.8) is 0 Å². The van der Waals surface area contributed by atoms with Gasteiger partial charge in [-0.25, -0.2) is 0 Å². The number of methoxy groups -OCH3 is 3. The van der Waals surface area contributed by atoms with Gasteiger partial charge in [-0.1, -0.05) is 0 Å². The minimum Gasteiger partial charge on any atom is -0.497 e. The van der Waals surface area contributed by atoms with Crippen molar-refractivity contribution in [2.75, 3.05) is 32.8 Å². The fraction of sp³-hybridized carbons (Fsp3) is 0.300. The van der Waals surface area contributed by atoms with Crippen molar-refractivity contribution in [3.05, 3.63) is 48.0 Å². The quantitative estimate of drug-likeness (QED) is 0.844. The molecular weight excluding hydrogens is 348 g/mol. The van der Waals surface area contributed by atoms with Crippen LogP contribution in [0.5, 0.6) is 17.2 Å². The standard InChI is InChI=1S/C20H22N2O5/c1-25-16-6-4-15(5-7-16)22-12-14(10-19(22)23)21-20(24)13-8-17(26-2)11-18(9-13)27-3/h4-9,11,14H,10,12H2,1-3H3,(H,21,24)/t14-/m1/s1. The van der Waals surface area contributed by atoms with Crippen molar-refractivity contribution in [2.45, 2.75) is 12.5 Å². The second-order valence-electron chi connectivity index (χ2n) is 6.18. The third-order valence-electron chi connectivity index (χ3n) is 4.46. The molecule has 1 aliphatic heterocycles. The number of hydrogen-bond acceptors (Lipinski definition) is 5. The van der Waals surface area contributed by atoms with Gasteiger partial charge in [0.2, 0.25) is 5.91 Å². The molecular formula is C20H22N2O5. The number of ether oxygens (including phenoxy) is 3. The molecule has 2 aromatic rings. The number of nitrogens with zero attached hydrogens (tertiary/aromatic N) is 1. The summed E-state index contributed by atoms with van der Waals surface area (Å²) in [6.07, 6.45) is 0.249. The second kappa shape index (κ2) is 7.99. The van der Waals surface area contributed by atoms with E-state index >= 15 is 0 Å². The van der Waals surface area contributed by atoms with Gasteiger partial charge < -0.3 is 24.4 Å². The first kappa shape index (κ1) is 18.6. The molecule has 1 fully saturated rings. The van der Waals surface area contributed by atoms with Crippen LogP contribution in [0.4, 0.5) is 5.69 Å². The molecule has 0 spiro atoms. The van der Waals surface area contributed by atoms with E-state index in [4.69, 9.17) is 14.2 Å². The van der Waals surface area contributed by atoms with Crippen LogP contribution in [-0.2, 0) is 4.79 Å². The lowest BCUT2D eigenvalue weighted by atomic mass is 10.1. The molecule has 1 atom stereocenters. The van der Waals surface area contributed by atoms with Gasteiger partial charge in [0.15, 0.2) is 0 Å². The smallest absolute Gasteiger partial charge is 0.251 e. The highest BCUT2D eigenvalue weighted by Gasteiger charge is 2.31. The first-order valence-electron chi connectivity index (χ1n) is 8.52. The van der Waals surface area contributed by atoms with Gasteiger partial charge in [-0.3, -0.25) is 9.59 Å². The number of carbonyl (C=O) groups is 2. The Labute approximate surface area is 157 Å². The van der Waals surface area contributed by atoms with E-state index in [-0.39, 0.29) is 24.3 Å². The molecule has 3 rings (SSSR count). The Morgan fingerprint density at radius 1 is 0.963 bits per heavy atom. The second-order valence-corrected chi connectivity index (χ2v) is 6.18. The largest absolute Gasteiger partial charge is 0.497 e. The molecule has 142 valence electrons. The molecule has 1 N–H and O–H groups in total. The minimum absolute atomic E-state index is 0.0336. The molecule has 1 heterocycles. The summed E-state index contributed by atoms with van der Waals surface area (Å²) in [4.78, 5) is 26.6. The Hall–Kier alpha value is -3.22. The van der Waals surface area contributed by atoms with Gasteiger partial charge in [0.25, 0.3) is 5.91 Å². The molecule has 2 amide bonds. The molecule has 0 saturated carbocycles. The first-order chi connectivity index (χ1) is 13.0. The van der Waals surface area contributed by atoms with Gasteiger partial charge in [-0.2, -0.15) is 0 Å². The van der Waals surface area contributed by atoms with E-state index in [1.807, 2.05) is 12.1 Å². The predicted molar refractivity (Wildman–Crippen MR) is 101 cm³/mol. The zero-order chi connectivity index (χ0) is 19.4. The maximum atomic E-state index is 12.6. The molecule has 7 nitrogen and oxygen atoms in total. The number of benzene rings is 2. The van der Waals surface area contributed by atoms with Gasteiger partial charge in [0.1, 0.15) is 17.2 Å². The van der Waals surface area contributed by atoms with Gasteiger partial charge >= 0.3 is 0 Å². The molecule has 27 heavy (non-hydrogen) atoms. The first-order valence-corrected chi connectivity index (χ1v) is 8.52. The summed E-state index contributed by atoms with van der Waals surface area (Å²) in [5.74, 6) is 1.47. The average molecular weight is 370 g/mol. The van der Waals surface area contributed by atoms with Gasteiger partial charge in [-0.15, -0.1) is 0 Å². The van der Waals surface area contributed by atoms with Crippen LogP contribution >= 0.6 is 0 Å². The van der Waals surface area contributed by atoms with Crippen LogP contribution in [0.25, 0.3) is 0 Å². The lowest BCUT2D eigenvalue weighted by Crippen LogP contribution is -2.37. The van der Waals surface area contributed by atoms with Crippen molar-refractivity contribution < 1.29 is 23.8 Å². The number of amides is 2. The Kier molecular flexibility index (Phi) is 5.49. The number of carbonyl (C=O) groups excluding carboxylic acids is 2. The normalized spacial score (nSPS) is 16.2. The SMILES string of the molecule is COc1ccc(N2C[C@H](NC(=O)c3cc(OC)cc(OC)c3)CC2=O)cc1. The Balaban J connectivity index is 1.69. The summed E-state index contributed by atoms with van der Waals surface area (Å²) in [7, 11) is 4.65. The average Bonchev–Trinajstić information content (AvgIpc) is 3.07. The maximum Gasteiger partial charge on any atom is 0.251 e. The van der Waals surface area contributed by atoms with Crippen molar-refractivity contribution in [1.82, 2.24) is 5.32 Å². The van der Waals surface area contributed by atoms with Crippen molar-refractivity contribution in [2.24, 2.45) is 0 Å². The molecule has 0 radical (unpaired) electrons. The summed E-state index contributed by atoms with van der Waals surface area (Å²) in [6, 6.07) is 12.0. The van der Waals surface area contributed by atoms with E-state index in [1.54, 1.807) is 42.3 Å². The van der Waals surface area contributed by atoms with Crippen LogP contribution < -0.4 is 24.4 Å². The Morgan fingerprint density at radius 3 is 2.11 bits per heavy atom. The summed E-state index contributed by atoms with van der Waals surface area (Å²) in [5.41, 5.74) is 1.20. The monoisotopic (exact) mass is 370 g/mol. The lowest BCUT2D eigenvalue weighted by Gasteiger charge is -2.18. The lowest BCUT2D eigenvalue weighted by molar-refractivity contribution is -0.117. The van der Waals surface area contributed by atoms with Crippen molar-refractivity contribution >= 4 is 17.5 Å². The highest BCUT2D eigenvalue weighted by Crippen LogP contribution is 2.25. The molecule has 1 aliphatic rings. The number of nitrogens with one attached hydrogen (secondary N) is 1. The van der Waals surface area contributed by atoms with E-state index < -0.39 is 0 Å². The highest BCUT2D eigenvalue weighted by molar-refractivity contribution is 5.99. The van der Waals surface area contributed by atoms with E-state index in [1.165, 1.54) is 14.2 Å². The number of anilines is 1. The molecule has 0 unspecified atom stereocenters. The van der Waals surface area contributed by atoms with Crippen LogP contribution in [0.3, 0.4) is 0 Å². The highest BCUT2D eigenvalue weighted by atomic mass is 16.5. The van der Waals surface area contributed by atoms with E-state index in [0.717, 1.165) is 11.4 Å². The van der Waals surface area contributed by atoms with Gasteiger partial charge in [-0.05, 0) is 36.4 Å². The summed E-state index contributed by atoms with van der Waals surface area (Å²) in [5, 5.41) is 2.91. The van der Waals surface area contributed by atoms with Crippen LogP contribution in [0.2, 0.25) is 0 Å². The molecule has 1 saturated heterocycles. The van der Waals surface area contributed by atoms with E-state index in [0.29, 0.717) is 23.6 Å². The zero-order valence-corrected chi connectivity index (χ0v) is 15.5. The van der Waals surface area contributed by atoms with E-state index in [9.17, 15) is 9.59 Å². The summed E-state index contributed by atoms with van der Waals surface area (Å²) in [6.45, 7) is 0.415. The predicted octanol–water partition coefficient (Wildman–Crippen LogP) is 2.25. The Bertz CT molecular complexity index is 813. The van der Waals surface area contributed by atoms with E-state index in [2.05, 4.69) is 5.32 Å². The summed E-state index contributed by atoms with van der Waals surface area (Å²) < 4.78 is 15.5. The molecule has 7 heteroatoms. The van der Waals surface area contributed by atoms with Crippen molar-refractivity contribution in [3.8, 4) is 17.2 Å². The third kappa shape index (κ3) is 4.13. The Morgan fingerprint density at radius 2 is 1.56 bits per heavy atom. The molecule has 0 aromatic heterocycles. The van der Waals surface area contributed by atoms with Gasteiger partial charge in [0, 0.05) is 30.3 Å². The maximum absolute atomic E-state index is 12.6. The summed E-state index contributed by atoms with van der Waals surface area (Å²) >= 11 is 0. The zero-order valence-electron chi connectivity index (χ0n) is 15.5. The molecule has 0 bridgehead atoms. The molecule has 2 aromatic carbocycles. The van der Waals surface area contributed by atoms with Crippen LogP contribution in [0, 0.1) is 0 Å². The van der Waals surface area contributed by atoms with Crippen LogP contribution in [0.1, 0.15) is 16.8 Å². The van der Waals surface area contributed by atoms with Crippen LogP contribution in [0.15, 0.2) is 42.5 Å². The topological polar surface area (TPSA) is 77.1 Å². The third-order valence-corrected chi connectivity index (χ3v) is 4.46. The minimum atomic E-state index is -0.276. The molecule has 0 aliphatic carbocycles. The fourth-order valence-electron chi connectivity index (χ4n) is 3.02. The fourth-order valence-corrected chi connectivity index (χ4v) is 3.02. The van der Waals surface area contributed by atoms with Crippen LogP contribution in [-0.4, -0.2) is 45.7 Å². The van der Waals surface area contributed by atoms with Crippen molar-refractivity contribution in [1.29, 1.82) is 0 Å².